The first kappa shape index (κ1) is 10.7. The van der Waals surface area contributed by atoms with Gasteiger partial charge in [0.25, 0.3) is 0 Å². The molecule has 1 aliphatic carbocycles. The lowest BCUT2D eigenvalue weighted by molar-refractivity contribution is -0.141. The number of halogens is 3. The summed E-state index contributed by atoms with van der Waals surface area (Å²) >= 11 is 4.91. The van der Waals surface area contributed by atoms with E-state index in [1.165, 1.54) is 4.68 Å². The number of nitrogens with one attached hydrogen (secondary N) is 1. The van der Waals surface area contributed by atoms with E-state index < -0.39 is 11.9 Å². The first-order chi connectivity index (χ1) is 6.98. The molecule has 0 saturated heterocycles. The Morgan fingerprint density at radius 2 is 1.93 bits per heavy atom. The molecule has 0 atom stereocenters. The van der Waals surface area contributed by atoms with Crippen LogP contribution in [0, 0.1) is 4.64 Å². The highest BCUT2D eigenvalue weighted by atomic mass is 32.1. The first-order valence-electron chi connectivity index (χ1n) is 4.87. The molecule has 6 heteroatoms. The third-order valence-electron chi connectivity index (χ3n) is 2.74. The van der Waals surface area contributed by atoms with Gasteiger partial charge in [0, 0.05) is 6.07 Å². The van der Waals surface area contributed by atoms with Gasteiger partial charge in [0.05, 0.1) is 6.04 Å². The molecule has 0 aliphatic heterocycles. The number of H-pyrrole nitrogens is 1. The lowest BCUT2D eigenvalue weighted by Crippen LogP contribution is -2.10. The summed E-state index contributed by atoms with van der Waals surface area (Å²) in [5.41, 5.74) is -0.751. The zero-order valence-electron chi connectivity index (χ0n) is 7.97. The molecule has 0 radical (unpaired) electrons. The largest absolute Gasteiger partial charge is 0.432 e. The molecular weight excluding hydrogens is 225 g/mol. The van der Waals surface area contributed by atoms with Gasteiger partial charge in [0.2, 0.25) is 0 Å². The Balaban J connectivity index is 2.33. The van der Waals surface area contributed by atoms with Crippen molar-refractivity contribution < 1.29 is 13.2 Å². The van der Waals surface area contributed by atoms with Crippen molar-refractivity contribution in [1.29, 1.82) is 0 Å². The molecule has 0 bridgehead atoms. The van der Waals surface area contributed by atoms with Crippen molar-refractivity contribution in [3.8, 4) is 0 Å². The van der Waals surface area contributed by atoms with Crippen molar-refractivity contribution in [3.05, 3.63) is 16.4 Å². The Kier molecular flexibility index (Phi) is 2.62. The van der Waals surface area contributed by atoms with Gasteiger partial charge in [-0.05, 0) is 12.8 Å². The topological polar surface area (TPSA) is 20.7 Å². The van der Waals surface area contributed by atoms with Crippen LogP contribution in [0.5, 0.6) is 0 Å². The molecule has 0 aromatic carbocycles. The molecule has 1 saturated carbocycles. The van der Waals surface area contributed by atoms with Gasteiger partial charge in [-0.1, -0.05) is 25.1 Å². The number of aromatic amines is 1. The summed E-state index contributed by atoms with van der Waals surface area (Å²) in [6, 6.07) is 1.11. The van der Waals surface area contributed by atoms with Crippen LogP contribution in [0.3, 0.4) is 0 Å². The highest BCUT2D eigenvalue weighted by Gasteiger charge is 2.33. The molecule has 84 valence electrons. The predicted molar refractivity (Wildman–Crippen MR) is 52.1 cm³/mol. The maximum Gasteiger partial charge on any atom is 0.432 e. The fraction of sp³-hybridized carbons (Fsp3) is 0.667. The molecule has 1 aliphatic rings. The van der Waals surface area contributed by atoms with E-state index in [4.69, 9.17) is 12.2 Å². The second-order valence-electron chi connectivity index (χ2n) is 3.81. The van der Waals surface area contributed by atoms with E-state index in [1.54, 1.807) is 0 Å². The number of hydrogen-bond acceptors (Lipinski definition) is 1. The van der Waals surface area contributed by atoms with E-state index in [0.717, 1.165) is 31.7 Å². The molecule has 0 amide bonds. The molecule has 0 unspecified atom stereocenters. The first-order valence-corrected chi connectivity index (χ1v) is 5.28. The van der Waals surface area contributed by atoms with Gasteiger partial charge >= 0.3 is 6.18 Å². The van der Waals surface area contributed by atoms with Crippen molar-refractivity contribution in [1.82, 2.24) is 9.78 Å². The average Bonchev–Trinajstić information content (AvgIpc) is 2.69. The molecule has 0 spiro atoms. The van der Waals surface area contributed by atoms with Crippen LogP contribution in [0.15, 0.2) is 6.07 Å². The van der Waals surface area contributed by atoms with E-state index in [-0.39, 0.29) is 10.7 Å². The van der Waals surface area contributed by atoms with Crippen molar-refractivity contribution in [2.45, 2.75) is 37.9 Å². The summed E-state index contributed by atoms with van der Waals surface area (Å²) in [4.78, 5) is 0. The fourth-order valence-corrected chi connectivity index (χ4v) is 2.30. The molecule has 1 aromatic heterocycles. The van der Waals surface area contributed by atoms with Crippen LogP contribution in [0.4, 0.5) is 13.2 Å². The van der Waals surface area contributed by atoms with Gasteiger partial charge in [-0.2, -0.15) is 13.2 Å². The maximum absolute atomic E-state index is 12.4. The van der Waals surface area contributed by atoms with Gasteiger partial charge in [-0.25, -0.2) is 0 Å². The Bertz CT molecular complexity index is 398. The molecule has 15 heavy (non-hydrogen) atoms. The van der Waals surface area contributed by atoms with Gasteiger partial charge < -0.3 is 0 Å². The molecule has 1 fully saturated rings. The van der Waals surface area contributed by atoms with E-state index >= 15 is 0 Å². The normalized spacial score (nSPS) is 18.6. The van der Waals surface area contributed by atoms with Crippen LogP contribution in [0.25, 0.3) is 0 Å². The van der Waals surface area contributed by atoms with Gasteiger partial charge in [0.15, 0.2) is 0 Å². The molecule has 1 aromatic rings. The summed E-state index contributed by atoms with van der Waals surface area (Å²) in [7, 11) is 0. The van der Waals surface area contributed by atoms with E-state index in [2.05, 4.69) is 5.10 Å². The minimum atomic E-state index is -4.34. The van der Waals surface area contributed by atoms with Gasteiger partial charge in [0.1, 0.15) is 10.3 Å². The van der Waals surface area contributed by atoms with Crippen LogP contribution in [-0.2, 0) is 6.18 Å². The Morgan fingerprint density at radius 1 is 1.33 bits per heavy atom. The van der Waals surface area contributed by atoms with Crippen molar-refractivity contribution in [3.63, 3.8) is 0 Å². The Morgan fingerprint density at radius 3 is 2.40 bits per heavy atom. The summed E-state index contributed by atoms with van der Waals surface area (Å²) in [6.45, 7) is 0. The highest BCUT2D eigenvalue weighted by molar-refractivity contribution is 7.71. The molecule has 1 N–H and O–H groups in total. The lowest BCUT2D eigenvalue weighted by atomic mass is 10.3. The zero-order chi connectivity index (χ0) is 11.1. The predicted octanol–water partition coefficient (Wildman–Crippen LogP) is 3.68. The molecule has 2 rings (SSSR count). The maximum atomic E-state index is 12.4. The standard InChI is InChI=1S/C9H11F3N2S/c10-9(11,12)7-5-8(15)14(13-7)6-3-1-2-4-6/h5-6,13H,1-4H2. The number of alkyl halides is 3. The van der Waals surface area contributed by atoms with E-state index in [9.17, 15) is 13.2 Å². The third-order valence-corrected chi connectivity index (χ3v) is 3.06. The molecule has 2 nitrogen and oxygen atoms in total. The number of rotatable bonds is 1. The third kappa shape index (κ3) is 2.09. The number of hydrogen-bond donors (Lipinski definition) is 1. The van der Waals surface area contributed by atoms with Gasteiger partial charge in [-0.15, -0.1) is 0 Å². The lowest BCUT2D eigenvalue weighted by Gasteiger charge is -2.11. The van der Waals surface area contributed by atoms with Crippen molar-refractivity contribution in [2.75, 3.05) is 0 Å². The van der Waals surface area contributed by atoms with E-state index in [1.807, 2.05) is 0 Å². The minimum Gasteiger partial charge on any atom is -0.293 e. The Hall–Kier alpha value is -0.780. The molecular formula is C9H11F3N2S. The fourth-order valence-electron chi connectivity index (χ4n) is 1.99. The van der Waals surface area contributed by atoms with Crippen molar-refractivity contribution >= 4 is 12.2 Å². The second-order valence-corrected chi connectivity index (χ2v) is 4.23. The quantitative estimate of drug-likeness (QED) is 0.738. The zero-order valence-corrected chi connectivity index (χ0v) is 8.79. The highest BCUT2D eigenvalue weighted by Crippen LogP contribution is 2.32. The van der Waals surface area contributed by atoms with Gasteiger partial charge in [-0.3, -0.25) is 9.78 Å². The van der Waals surface area contributed by atoms with Crippen molar-refractivity contribution in [2.24, 2.45) is 0 Å². The summed E-state index contributed by atoms with van der Waals surface area (Å²) in [6.07, 6.45) is -0.394. The molecule has 1 heterocycles. The van der Waals surface area contributed by atoms with Crippen LogP contribution in [0.1, 0.15) is 37.4 Å². The SMILES string of the molecule is FC(F)(F)c1cc(=S)n(C2CCCC2)[nH]1. The average molecular weight is 236 g/mol. The number of aromatic nitrogens is 2. The second kappa shape index (κ2) is 3.66. The minimum absolute atomic E-state index is 0.119. The van der Waals surface area contributed by atoms with Crippen LogP contribution in [-0.4, -0.2) is 9.78 Å². The monoisotopic (exact) mass is 236 g/mol. The summed E-state index contributed by atoms with van der Waals surface area (Å²) < 4.78 is 38.9. The summed E-state index contributed by atoms with van der Waals surface area (Å²) in [5.74, 6) is 0. The van der Waals surface area contributed by atoms with Crippen LogP contribution >= 0.6 is 12.2 Å². The van der Waals surface area contributed by atoms with Crippen LogP contribution in [0.2, 0.25) is 0 Å². The Labute approximate surface area is 90.1 Å². The summed E-state index contributed by atoms with van der Waals surface area (Å²) in [5, 5.41) is 2.35. The van der Waals surface area contributed by atoms with E-state index in [0.29, 0.717) is 0 Å². The smallest absolute Gasteiger partial charge is 0.293 e. The van der Waals surface area contributed by atoms with Crippen LogP contribution < -0.4 is 0 Å². The number of nitrogens with zero attached hydrogens (tertiary/aromatic N) is 1.